The van der Waals surface area contributed by atoms with Crippen LogP contribution in [-0.4, -0.2) is 3.21 Å². The third-order valence-corrected chi connectivity index (χ3v) is 9.14. The fraction of sp³-hybridized carbons (Fsp3) is 0.488. The molecule has 0 radical (unpaired) electrons. The summed E-state index contributed by atoms with van der Waals surface area (Å²) in [5.41, 5.74) is 11.0. The summed E-state index contributed by atoms with van der Waals surface area (Å²) in [6.45, 7) is 34.4. The molecule has 0 aliphatic heterocycles. The number of hydrogen-bond acceptors (Lipinski definition) is 0. The van der Waals surface area contributed by atoms with E-state index in [1.807, 2.05) is 0 Å². The molecule has 0 saturated heterocycles. The van der Waals surface area contributed by atoms with E-state index in [0.29, 0.717) is 5.41 Å². The van der Waals surface area contributed by atoms with Gasteiger partial charge in [0.2, 0.25) is 0 Å². The number of hydrogen-bond donors (Lipinski definition) is 0. The molecule has 0 bridgehead atoms. The Hall–Kier alpha value is -1.40. The summed E-state index contributed by atoms with van der Waals surface area (Å²) >= 11 is 1.55. The maximum absolute atomic E-state index is 3.16. The van der Waals surface area contributed by atoms with E-state index in [0.717, 1.165) is 6.42 Å². The van der Waals surface area contributed by atoms with Crippen LogP contribution in [0.4, 0.5) is 0 Å². The molecule has 248 valence electrons. The van der Waals surface area contributed by atoms with Gasteiger partial charge < -0.3 is 24.8 Å². The Labute approximate surface area is 308 Å². The van der Waals surface area contributed by atoms with Gasteiger partial charge in [0.05, 0.1) is 0 Å². The number of allylic oxidation sites excluding steroid dienone is 8. The number of rotatable bonds is 0. The van der Waals surface area contributed by atoms with Crippen molar-refractivity contribution >= 4 is 35.9 Å². The maximum atomic E-state index is 3.16. The summed E-state index contributed by atoms with van der Waals surface area (Å²) in [4.78, 5) is 0. The molecule has 6 rings (SSSR count). The molecule has 0 amide bonds. The smallest absolute Gasteiger partial charge is 1.00 e. The molecule has 3 aromatic rings. The Bertz CT molecular complexity index is 1640. The summed E-state index contributed by atoms with van der Waals surface area (Å²) in [6.07, 6.45) is 13.5. The molecule has 46 heavy (non-hydrogen) atoms. The third kappa shape index (κ3) is 8.42. The Morgan fingerprint density at radius 2 is 1.04 bits per heavy atom. The van der Waals surface area contributed by atoms with Crippen LogP contribution in [0.25, 0.3) is 32.7 Å². The van der Waals surface area contributed by atoms with Gasteiger partial charge >= 0.3 is 41.3 Å². The van der Waals surface area contributed by atoms with Gasteiger partial charge in [-0.25, -0.2) is 6.08 Å². The third-order valence-electron chi connectivity index (χ3n) is 9.14. The van der Waals surface area contributed by atoms with Crippen molar-refractivity contribution in [3.63, 3.8) is 0 Å². The van der Waals surface area contributed by atoms with E-state index in [9.17, 15) is 0 Å². The molecule has 0 nitrogen and oxygen atoms in total. The minimum Gasteiger partial charge on any atom is -1.00 e. The fourth-order valence-electron chi connectivity index (χ4n) is 6.81. The van der Waals surface area contributed by atoms with Crippen molar-refractivity contribution in [1.82, 2.24) is 0 Å². The van der Waals surface area contributed by atoms with Crippen molar-refractivity contribution in [2.75, 3.05) is 0 Å². The molecule has 0 unspecified atom stereocenters. The number of benzene rings is 2. The zero-order chi connectivity index (χ0) is 33.2. The Kier molecular flexibility index (Phi) is 12.3. The van der Waals surface area contributed by atoms with Crippen molar-refractivity contribution in [3.8, 4) is 0 Å². The molecular formula is C43H56Cl2Zr-2. The summed E-state index contributed by atoms with van der Waals surface area (Å²) in [5.74, 6) is 0. The van der Waals surface area contributed by atoms with Crippen molar-refractivity contribution in [3.05, 3.63) is 88.5 Å². The van der Waals surface area contributed by atoms with Gasteiger partial charge in [-0.05, 0) is 33.1 Å². The first-order valence-corrected chi connectivity index (χ1v) is 17.6. The van der Waals surface area contributed by atoms with Crippen LogP contribution in [0.3, 0.4) is 0 Å². The van der Waals surface area contributed by atoms with Crippen molar-refractivity contribution in [1.29, 1.82) is 0 Å². The van der Waals surface area contributed by atoms with Crippen molar-refractivity contribution in [2.24, 2.45) is 16.2 Å². The quantitative estimate of drug-likeness (QED) is 0.228. The number of fused-ring (bicyclic) bond motifs is 5. The first-order chi connectivity index (χ1) is 19.9. The molecule has 3 aliphatic rings. The van der Waals surface area contributed by atoms with Crippen molar-refractivity contribution in [2.45, 2.75) is 121 Å². The molecule has 0 atom stereocenters. The van der Waals surface area contributed by atoms with Gasteiger partial charge in [0, 0.05) is 10.8 Å². The Balaban J connectivity index is 0.000000415. The molecular weight excluding hydrogens is 679 g/mol. The second-order valence-electron chi connectivity index (χ2n) is 17.6. The summed E-state index contributed by atoms with van der Waals surface area (Å²) in [7, 11) is 0. The second-order valence-corrected chi connectivity index (χ2v) is 20.1. The van der Waals surface area contributed by atoms with E-state index < -0.39 is 0 Å². The summed E-state index contributed by atoms with van der Waals surface area (Å²) < 4.78 is 1.51. The molecule has 3 aromatic carbocycles. The van der Waals surface area contributed by atoms with Gasteiger partial charge in [-0.1, -0.05) is 131 Å². The largest absolute Gasteiger partial charge is 1.00 e. The molecule has 0 N–H and O–H groups in total. The fourth-order valence-corrected chi connectivity index (χ4v) is 6.81. The van der Waals surface area contributed by atoms with Gasteiger partial charge in [0.15, 0.2) is 0 Å². The Morgan fingerprint density at radius 3 is 1.30 bits per heavy atom. The van der Waals surface area contributed by atoms with E-state index in [2.05, 4.69) is 165 Å². The zero-order valence-electron chi connectivity index (χ0n) is 31.2. The zero-order valence-corrected chi connectivity index (χ0v) is 35.1. The van der Waals surface area contributed by atoms with Crippen LogP contribution in [0.2, 0.25) is 0 Å². The predicted molar refractivity (Wildman–Crippen MR) is 194 cm³/mol. The monoisotopic (exact) mass is 732 g/mol. The standard InChI is InChI=1S/C31H37.C9H13.C3H6.2ClH.Zr/c1-28(2,3)26-16-30(7,8)24-12-18-11-19-13-25-23(15-21(19)20(18)14-22(24)26)27(29(4,5)6)17-31(25,9)10;1-9(2,3)8-6-4-5-7-8;1-3-2;;;/h11-17H,1-10H3;6-7H,4H2,1-3H3;1-2H3;2*1H;/q2*-1;;;;+2/p-2. The van der Waals surface area contributed by atoms with Crippen LogP contribution < -0.4 is 24.8 Å². The average Bonchev–Trinajstić information content (AvgIpc) is 3.60. The van der Waals surface area contributed by atoms with Crippen LogP contribution in [0, 0.1) is 22.3 Å². The van der Waals surface area contributed by atoms with Crippen LogP contribution in [0.5, 0.6) is 0 Å². The topological polar surface area (TPSA) is 0 Å². The van der Waals surface area contributed by atoms with Crippen molar-refractivity contribution < 1.29 is 49.0 Å². The molecule has 0 fully saturated rings. The van der Waals surface area contributed by atoms with E-state index >= 15 is 0 Å². The average molecular weight is 735 g/mol. The molecule has 3 aliphatic carbocycles. The molecule has 0 spiro atoms. The van der Waals surface area contributed by atoms with Gasteiger partial charge in [-0.2, -0.15) is 11.6 Å². The minimum absolute atomic E-state index is 0. The molecule has 0 saturated carbocycles. The molecule has 0 heterocycles. The summed E-state index contributed by atoms with van der Waals surface area (Å²) in [6, 6.07) is 12.3. The van der Waals surface area contributed by atoms with Gasteiger partial charge in [0.25, 0.3) is 0 Å². The van der Waals surface area contributed by atoms with E-state index in [-0.39, 0.29) is 46.5 Å². The molecule has 3 heteroatoms. The van der Waals surface area contributed by atoms with Gasteiger partial charge in [-0.15, -0.1) is 46.2 Å². The maximum Gasteiger partial charge on any atom is -1.00 e. The normalized spacial score (nSPS) is 17.4. The minimum atomic E-state index is 0. The predicted octanol–water partition coefficient (Wildman–Crippen LogP) is 6.63. The van der Waals surface area contributed by atoms with Gasteiger partial charge in [0.1, 0.15) is 0 Å². The van der Waals surface area contributed by atoms with Crippen LogP contribution >= 0.6 is 0 Å². The second kappa shape index (κ2) is 13.8. The van der Waals surface area contributed by atoms with Crippen LogP contribution in [0.1, 0.15) is 133 Å². The van der Waals surface area contributed by atoms with Gasteiger partial charge in [-0.3, -0.25) is 6.08 Å². The first kappa shape index (κ1) is 40.8. The van der Waals surface area contributed by atoms with Crippen LogP contribution in [-0.2, 0) is 35.1 Å². The first-order valence-electron chi connectivity index (χ1n) is 16.4. The van der Waals surface area contributed by atoms with Crippen LogP contribution in [0.15, 0.2) is 60.2 Å². The Morgan fingerprint density at radius 1 is 0.674 bits per heavy atom. The van der Waals surface area contributed by atoms with E-state index in [1.54, 1.807) is 24.2 Å². The molecule has 0 aromatic heterocycles. The van der Waals surface area contributed by atoms with E-state index in [4.69, 9.17) is 0 Å². The SMILES string of the molecule is CC(C)(C)C1=CC(C)(C)c2cc3[cH-]c4cc5c(cc4c3cc21)C(C(C)(C)C)=CC5(C)C.CC(C)(C)C1=CC[C-]=C1.C[C](C)=[Zr+2].[Cl-].[Cl-]. The number of halogens is 2. The summed E-state index contributed by atoms with van der Waals surface area (Å²) in [5, 5.41) is 5.58. The van der Waals surface area contributed by atoms with E-state index in [1.165, 1.54) is 63.7 Å².